The fraction of sp³-hybridized carbons (Fsp3) is 0.765. The number of rotatable bonds is 4. The van der Waals surface area contributed by atoms with Crippen LogP contribution in [-0.2, 0) is 13.1 Å². The molecular formula is C17H29N5S. The predicted molar refractivity (Wildman–Crippen MR) is 97.5 cm³/mol. The summed E-state index contributed by atoms with van der Waals surface area (Å²) in [6.45, 7) is 10.4. The number of aromatic nitrogens is 2. The molecule has 23 heavy (non-hydrogen) atoms. The molecule has 2 aliphatic rings. The average Bonchev–Trinajstić information content (AvgIpc) is 3.18. The molecule has 0 unspecified atom stereocenters. The third-order valence-corrected chi connectivity index (χ3v) is 5.48. The number of nitrogens with one attached hydrogen (secondary N) is 1. The van der Waals surface area contributed by atoms with Crippen LogP contribution in [0.25, 0.3) is 0 Å². The van der Waals surface area contributed by atoms with Crippen molar-refractivity contribution in [3.05, 3.63) is 17.5 Å². The Morgan fingerprint density at radius 1 is 1.26 bits per heavy atom. The van der Waals surface area contributed by atoms with Gasteiger partial charge in [0.25, 0.3) is 0 Å². The highest BCUT2D eigenvalue weighted by atomic mass is 32.1. The molecule has 0 spiro atoms. The molecule has 1 aromatic rings. The first-order chi connectivity index (χ1) is 11.2. The summed E-state index contributed by atoms with van der Waals surface area (Å²) in [7, 11) is 0. The second-order valence-electron chi connectivity index (χ2n) is 6.79. The average molecular weight is 336 g/mol. The summed E-state index contributed by atoms with van der Waals surface area (Å²) in [4.78, 5) is 4.85. The van der Waals surface area contributed by atoms with E-state index in [0.29, 0.717) is 6.04 Å². The lowest BCUT2D eigenvalue weighted by molar-refractivity contribution is 0.173. The Labute approximate surface area is 145 Å². The van der Waals surface area contributed by atoms with Gasteiger partial charge in [-0.25, -0.2) is 0 Å². The molecule has 2 fully saturated rings. The summed E-state index contributed by atoms with van der Waals surface area (Å²) in [5.41, 5.74) is 2.51. The number of thiocarbonyl (C=S) groups is 1. The molecular weight excluding hydrogens is 306 g/mol. The zero-order valence-corrected chi connectivity index (χ0v) is 15.2. The second kappa shape index (κ2) is 7.62. The first kappa shape index (κ1) is 16.7. The predicted octanol–water partition coefficient (Wildman–Crippen LogP) is 2.15. The third-order valence-electron chi connectivity index (χ3n) is 5.11. The number of nitrogens with zero attached hydrogens (tertiary/aromatic N) is 4. The third kappa shape index (κ3) is 4.23. The van der Waals surface area contributed by atoms with E-state index >= 15 is 0 Å². The largest absolute Gasteiger partial charge is 0.360 e. The number of hydrogen-bond donors (Lipinski definition) is 1. The molecule has 1 N–H and O–H groups in total. The molecule has 0 aromatic carbocycles. The summed E-state index contributed by atoms with van der Waals surface area (Å²) in [5, 5.41) is 9.07. The van der Waals surface area contributed by atoms with Gasteiger partial charge in [-0.15, -0.1) is 0 Å². The van der Waals surface area contributed by atoms with Crippen molar-refractivity contribution in [2.24, 2.45) is 0 Å². The normalized spacial score (nSPS) is 20.2. The van der Waals surface area contributed by atoms with Crippen LogP contribution >= 0.6 is 12.2 Å². The Bertz CT molecular complexity index is 527. The minimum atomic E-state index is 0.614. The maximum atomic E-state index is 5.60. The molecule has 1 saturated heterocycles. The van der Waals surface area contributed by atoms with E-state index in [1.807, 2.05) is 4.68 Å². The molecule has 0 bridgehead atoms. The molecule has 3 rings (SSSR count). The van der Waals surface area contributed by atoms with Gasteiger partial charge >= 0.3 is 0 Å². The van der Waals surface area contributed by atoms with Crippen LogP contribution in [0.4, 0.5) is 0 Å². The maximum absolute atomic E-state index is 5.60. The fourth-order valence-electron chi connectivity index (χ4n) is 3.56. The van der Waals surface area contributed by atoms with Crippen LogP contribution in [0, 0.1) is 6.92 Å². The van der Waals surface area contributed by atoms with Crippen LogP contribution in [0.1, 0.15) is 43.9 Å². The molecule has 6 heteroatoms. The molecule has 2 heterocycles. The number of hydrogen-bond acceptors (Lipinski definition) is 3. The summed E-state index contributed by atoms with van der Waals surface area (Å²) in [5.74, 6) is 0. The Balaban J connectivity index is 1.46. The van der Waals surface area contributed by atoms with Crippen LogP contribution in [0.15, 0.2) is 6.20 Å². The van der Waals surface area contributed by atoms with E-state index in [-0.39, 0.29) is 0 Å². The Hall–Kier alpha value is -1.14. The first-order valence-electron chi connectivity index (χ1n) is 8.96. The van der Waals surface area contributed by atoms with E-state index in [1.165, 1.54) is 31.2 Å². The molecule has 1 aliphatic heterocycles. The van der Waals surface area contributed by atoms with Gasteiger partial charge < -0.3 is 10.2 Å². The topological polar surface area (TPSA) is 36.3 Å². The van der Waals surface area contributed by atoms with Crippen molar-refractivity contribution in [2.45, 2.75) is 58.7 Å². The van der Waals surface area contributed by atoms with Crippen LogP contribution in [0.2, 0.25) is 0 Å². The molecule has 0 atom stereocenters. The quantitative estimate of drug-likeness (QED) is 0.853. The lowest BCUT2D eigenvalue weighted by Gasteiger charge is -2.36. The molecule has 5 nitrogen and oxygen atoms in total. The van der Waals surface area contributed by atoms with Crippen molar-refractivity contribution in [3.8, 4) is 0 Å². The maximum Gasteiger partial charge on any atom is 0.169 e. The Kier molecular flexibility index (Phi) is 5.54. The first-order valence-corrected chi connectivity index (χ1v) is 9.37. The van der Waals surface area contributed by atoms with E-state index in [4.69, 9.17) is 12.2 Å². The second-order valence-corrected chi connectivity index (χ2v) is 7.18. The standard InChI is InChI=1S/C17H29N5S/c1-3-22-13-15(14(2)19-22)12-20-8-10-21(11-9-20)17(23)18-16-6-4-5-7-16/h13,16H,3-12H2,1-2H3,(H,18,23). The smallest absolute Gasteiger partial charge is 0.169 e. The number of piperazine rings is 1. The van der Waals surface area contributed by atoms with Crippen molar-refractivity contribution in [2.75, 3.05) is 26.2 Å². The SMILES string of the molecule is CCn1cc(CN2CCN(C(=S)NC3CCCC3)CC2)c(C)n1. The summed E-state index contributed by atoms with van der Waals surface area (Å²) >= 11 is 5.60. The van der Waals surface area contributed by atoms with Gasteiger partial charge in [0, 0.05) is 57.1 Å². The van der Waals surface area contributed by atoms with Crippen LogP contribution in [0.3, 0.4) is 0 Å². The molecule has 0 radical (unpaired) electrons. The summed E-state index contributed by atoms with van der Waals surface area (Å²) in [6.07, 6.45) is 7.44. The van der Waals surface area contributed by atoms with Crippen molar-refractivity contribution < 1.29 is 0 Å². The van der Waals surface area contributed by atoms with Gasteiger partial charge in [-0.1, -0.05) is 12.8 Å². The molecule has 1 aromatic heterocycles. The molecule has 1 aliphatic carbocycles. The lowest BCUT2D eigenvalue weighted by Crippen LogP contribution is -2.52. The van der Waals surface area contributed by atoms with Crippen molar-refractivity contribution in [3.63, 3.8) is 0 Å². The van der Waals surface area contributed by atoms with Gasteiger partial charge in [0.1, 0.15) is 0 Å². The minimum absolute atomic E-state index is 0.614. The van der Waals surface area contributed by atoms with Crippen LogP contribution < -0.4 is 5.32 Å². The van der Waals surface area contributed by atoms with Crippen molar-refractivity contribution in [1.29, 1.82) is 0 Å². The van der Waals surface area contributed by atoms with E-state index in [1.54, 1.807) is 0 Å². The van der Waals surface area contributed by atoms with Crippen molar-refractivity contribution in [1.82, 2.24) is 24.9 Å². The van der Waals surface area contributed by atoms with E-state index < -0.39 is 0 Å². The fourth-order valence-corrected chi connectivity index (χ4v) is 3.91. The highest BCUT2D eigenvalue weighted by Gasteiger charge is 2.22. The lowest BCUT2D eigenvalue weighted by atomic mass is 10.2. The summed E-state index contributed by atoms with van der Waals surface area (Å²) < 4.78 is 2.03. The molecule has 128 valence electrons. The minimum Gasteiger partial charge on any atom is -0.360 e. The highest BCUT2D eigenvalue weighted by molar-refractivity contribution is 7.80. The van der Waals surface area contributed by atoms with E-state index in [2.05, 4.69) is 40.3 Å². The van der Waals surface area contributed by atoms with Gasteiger partial charge in [-0.3, -0.25) is 9.58 Å². The number of aryl methyl sites for hydroxylation is 2. The van der Waals surface area contributed by atoms with Crippen LogP contribution in [0.5, 0.6) is 0 Å². The van der Waals surface area contributed by atoms with Gasteiger partial charge in [-0.05, 0) is 38.9 Å². The molecule has 1 saturated carbocycles. The Morgan fingerprint density at radius 2 is 1.96 bits per heavy atom. The Morgan fingerprint density at radius 3 is 2.57 bits per heavy atom. The van der Waals surface area contributed by atoms with Crippen LogP contribution in [-0.4, -0.2) is 56.9 Å². The van der Waals surface area contributed by atoms with E-state index in [9.17, 15) is 0 Å². The van der Waals surface area contributed by atoms with Gasteiger partial charge in [0.15, 0.2) is 5.11 Å². The van der Waals surface area contributed by atoms with Crippen molar-refractivity contribution >= 4 is 17.3 Å². The summed E-state index contributed by atoms with van der Waals surface area (Å²) in [6, 6.07) is 0.614. The zero-order valence-electron chi connectivity index (χ0n) is 14.4. The highest BCUT2D eigenvalue weighted by Crippen LogP contribution is 2.18. The van der Waals surface area contributed by atoms with Gasteiger partial charge in [0.05, 0.1) is 5.69 Å². The van der Waals surface area contributed by atoms with Gasteiger partial charge in [0.2, 0.25) is 0 Å². The zero-order chi connectivity index (χ0) is 16.2. The monoisotopic (exact) mass is 335 g/mol. The molecule has 0 amide bonds. The van der Waals surface area contributed by atoms with Gasteiger partial charge in [-0.2, -0.15) is 5.10 Å². The van der Waals surface area contributed by atoms with E-state index in [0.717, 1.165) is 50.1 Å².